The number of para-hydroxylation sites is 2. The van der Waals surface area contributed by atoms with Crippen LogP contribution in [0.1, 0.15) is 17.8 Å². The van der Waals surface area contributed by atoms with Gasteiger partial charge in [0, 0.05) is 24.7 Å². The summed E-state index contributed by atoms with van der Waals surface area (Å²) < 4.78 is 2.03. The number of imidazole rings is 1. The molecule has 3 N–H and O–H groups in total. The summed E-state index contributed by atoms with van der Waals surface area (Å²) >= 11 is 6.16. The normalized spacial score (nSPS) is 10.9. The van der Waals surface area contributed by atoms with Crippen molar-refractivity contribution in [3.63, 3.8) is 0 Å². The number of pyridine rings is 1. The minimum atomic E-state index is -0.182. The molecule has 0 aliphatic heterocycles. The van der Waals surface area contributed by atoms with E-state index in [0.717, 1.165) is 28.1 Å². The molecular weight excluding hydrogens is 402 g/mol. The molecule has 8 heteroatoms. The van der Waals surface area contributed by atoms with Gasteiger partial charge < -0.3 is 10.2 Å². The molecule has 2 heterocycles. The van der Waals surface area contributed by atoms with E-state index in [9.17, 15) is 4.79 Å². The van der Waals surface area contributed by atoms with Crippen molar-refractivity contribution in [2.75, 3.05) is 5.32 Å². The summed E-state index contributed by atoms with van der Waals surface area (Å²) in [6.45, 7) is 1.89. The molecular formula is C22H20ClN5O2. The molecule has 0 radical (unpaired) electrons. The van der Waals surface area contributed by atoms with Crippen LogP contribution in [0.2, 0.25) is 5.02 Å². The minimum Gasteiger partial charge on any atom is -0.412 e. The number of nitrogens with two attached hydrogens (primary N) is 1. The highest BCUT2D eigenvalue weighted by atomic mass is 35.5. The molecule has 0 bridgehead atoms. The average Bonchev–Trinajstić information content (AvgIpc) is 3.13. The largest absolute Gasteiger partial charge is 0.412 e. The van der Waals surface area contributed by atoms with Crippen LogP contribution in [0, 0.1) is 6.92 Å². The molecule has 0 saturated heterocycles. The predicted octanol–water partition coefficient (Wildman–Crippen LogP) is 4.21. The van der Waals surface area contributed by atoms with E-state index < -0.39 is 0 Å². The summed E-state index contributed by atoms with van der Waals surface area (Å²) in [7, 11) is 0. The molecule has 4 aromatic rings. The van der Waals surface area contributed by atoms with E-state index >= 15 is 0 Å². The molecule has 0 unspecified atom stereocenters. The number of aromatic nitrogens is 3. The quantitative estimate of drug-likeness (QED) is 0.455. The van der Waals surface area contributed by atoms with Gasteiger partial charge in [0.1, 0.15) is 11.6 Å². The van der Waals surface area contributed by atoms with Gasteiger partial charge in [-0.1, -0.05) is 23.7 Å². The van der Waals surface area contributed by atoms with Crippen molar-refractivity contribution in [3.8, 4) is 11.4 Å². The molecule has 7 nitrogen and oxygen atoms in total. The summed E-state index contributed by atoms with van der Waals surface area (Å²) in [5, 5.41) is 3.18. The second kappa shape index (κ2) is 8.52. The van der Waals surface area contributed by atoms with Crippen LogP contribution < -0.4 is 16.1 Å². The van der Waals surface area contributed by atoms with Crippen molar-refractivity contribution >= 4 is 34.4 Å². The molecule has 0 aliphatic rings. The highest BCUT2D eigenvalue weighted by Gasteiger charge is 2.15. The van der Waals surface area contributed by atoms with Crippen LogP contribution >= 0.6 is 11.6 Å². The second-order valence-corrected chi connectivity index (χ2v) is 7.26. The Balaban J connectivity index is 1.58. The molecule has 0 aliphatic carbocycles. The molecule has 152 valence electrons. The van der Waals surface area contributed by atoms with Gasteiger partial charge in [0.2, 0.25) is 5.91 Å². The highest BCUT2D eigenvalue weighted by Crippen LogP contribution is 2.24. The predicted molar refractivity (Wildman–Crippen MR) is 117 cm³/mol. The second-order valence-electron chi connectivity index (χ2n) is 6.86. The Bertz CT molecular complexity index is 1200. The first-order valence-electron chi connectivity index (χ1n) is 9.40. The summed E-state index contributed by atoms with van der Waals surface area (Å²) in [6.07, 6.45) is 2.34. The zero-order valence-electron chi connectivity index (χ0n) is 16.3. The summed E-state index contributed by atoms with van der Waals surface area (Å²) in [6, 6.07) is 17.0. The van der Waals surface area contributed by atoms with Crippen LogP contribution in [-0.2, 0) is 11.2 Å². The number of hydrogen-bond acceptors (Lipinski definition) is 5. The van der Waals surface area contributed by atoms with Crippen LogP contribution in [0.5, 0.6) is 5.75 Å². The first kappa shape index (κ1) is 19.9. The Morgan fingerprint density at radius 2 is 1.97 bits per heavy atom. The summed E-state index contributed by atoms with van der Waals surface area (Å²) in [5.74, 6) is 6.74. The Morgan fingerprint density at radius 3 is 2.70 bits per heavy atom. The lowest BCUT2D eigenvalue weighted by atomic mass is 10.2. The van der Waals surface area contributed by atoms with Gasteiger partial charge in [-0.25, -0.2) is 9.97 Å². The lowest BCUT2D eigenvalue weighted by Crippen LogP contribution is -2.15. The number of carbonyl (C=O) groups is 1. The van der Waals surface area contributed by atoms with Gasteiger partial charge in [-0.05, 0) is 55.0 Å². The molecule has 0 spiro atoms. The molecule has 0 fully saturated rings. The number of carbonyl (C=O) groups excluding carboxylic acids is 1. The number of benzene rings is 2. The van der Waals surface area contributed by atoms with E-state index in [4.69, 9.17) is 27.3 Å². The maximum absolute atomic E-state index is 12.5. The zero-order valence-corrected chi connectivity index (χ0v) is 17.1. The SMILES string of the molecule is Cc1cnc(NC(=O)CCc2nc3ccccc3n2-c2ccc(ON)cc2)c(Cl)c1. The van der Waals surface area contributed by atoms with Crippen LogP contribution in [0.25, 0.3) is 16.7 Å². The van der Waals surface area contributed by atoms with Crippen molar-refractivity contribution in [3.05, 3.63) is 77.2 Å². The number of aryl methyl sites for hydroxylation is 2. The van der Waals surface area contributed by atoms with Gasteiger partial charge in [-0.15, -0.1) is 0 Å². The van der Waals surface area contributed by atoms with Crippen molar-refractivity contribution in [2.24, 2.45) is 5.90 Å². The van der Waals surface area contributed by atoms with E-state index in [0.29, 0.717) is 23.0 Å². The monoisotopic (exact) mass is 421 g/mol. The first-order valence-corrected chi connectivity index (χ1v) is 9.78. The van der Waals surface area contributed by atoms with Crippen molar-refractivity contribution in [2.45, 2.75) is 19.8 Å². The number of amides is 1. The van der Waals surface area contributed by atoms with E-state index in [1.165, 1.54) is 0 Å². The van der Waals surface area contributed by atoms with Gasteiger partial charge in [0.05, 0.1) is 16.1 Å². The summed E-state index contributed by atoms with van der Waals surface area (Å²) in [4.78, 5) is 26.2. The number of nitrogens with zero attached hydrogens (tertiary/aromatic N) is 3. The molecule has 2 aromatic carbocycles. The Morgan fingerprint density at radius 1 is 1.20 bits per heavy atom. The molecule has 30 heavy (non-hydrogen) atoms. The molecule has 0 atom stereocenters. The van der Waals surface area contributed by atoms with Crippen LogP contribution in [0.15, 0.2) is 60.8 Å². The van der Waals surface area contributed by atoms with E-state index in [1.807, 2.05) is 47.9 Å². The molecule has 1 amide bonds. The smallest absolute Gasteiger partial charge is 0.226 e. The van der Waals surface area contributed by atoms with Gasteiger partial charge in [-0.2, -0.15) is 5.90 Å². The van der Waals surface area contributed by atoms with E-state index in [2.05, 4.69) is 10.3 Å². The topological polar surface area (TPSA) is 95.1 Å². The number of rotatable bonds is 6. The number of hydrogen-bond donors (Lipinski definition) is 2. The minimum absolute atomic E-state index is 0.182. The average molecular weight is 422 g/mol. The molecule has 2 aromatic heterocycles. The fraction of sp³-hybridized carbons (Fsp3) is 0.136. The van der Waals surface area contributed by atoms with Gasteiger partial charge in [0.15, 0.2) is 5.82 Å². The lowest BCUT2D eigenvalue weighted by Gasteiger charge is -2.10. The molecule has 0 saturated carbocycles. The standard InChI is InChI=1S/C22H20ClN5O2/c1-14-12-17(23)22(25-13-14)27-21(29)11-10-20-26-18-4-2-3-5-19(18)28(20)15-6-8-16(30-24)9-7-15/h2-9,12-13H,10-11,24H2,1H3,(H,25,27,29). The molecule has 4 rings (SSSR count). The van der Waals surface area contributed by atoms with E-state index in [1.54, 1.807) is 24.4 Å². The first-order chi connectivity index (χ1) is 14.5. The Labute approximate surface area is 178 Å². The third-order valence-corrected chi connectivity index (χ3v) is 4.96. The van der Waals surface area contributed by atoms with Crippen molar-refractivity contribution < 1.29 is 9.63 Å². The maximum Gasteiger partial charge on any atom is 0.226 e. The van der Waals surface area contributed by atoms with Crippen LogP contribution in [-0.4, -0.2) is 20.4 Å². The van der Waals surface area contributed by atoms with Gasteiger partial charge >= 0.3 is 0 Å². The van der Waals surface area contributed by atoms with Gasteiger partial charge in [-0.3, -0.25) is 9.36 Å². The van der Waals surface area contributed by atoms with Gasteiger partial charge in [0.25, 0.3) is 0 Å². The zero-order chi connectivity index (χ0) is 21.1. The number of halogens is 1. The van der Waals surface area contributed by atoms with E-state index in [-0.39, 0.29) is 12.3 Å². The Hall–Kier alpha value is -3.42. The highest BCUT2D eigenvalue weighted by molar-refractivity contribution is 6.33. The fourth-order valence-corrected chi connectivity index (χ4v) is 3.52. The maximum atomic E-state index is 12.5. The third kappa shape index (κ3) is 4.12. The third-order valence-electron chi connectivity index (χ3n) is 4.67. The lowest BCUT2D eigenvalue weighted by molar-refractivity contribution is -0.116. The Kier molecular flexibility index (Phi) is 5.65. The number of anilines is 1. The fourth-order valence-electron chi connectivity index (χ4n) is 3.25. The number of fused-ring (bicyclic) bond motifs is 1. The van der Waals surface area contributed by atoms with Crippen molar-refractivity contribution in [1.29, 1.82) is 0 Å². The van der Waals surface area contributed by atoms with Crippen LogP contribution in [0.3, 0.4) is 0 Å². The van der Waals surface area contributed by atoms with Crippen LogP contribution in [0.4, 0.5) is 5.82 Å². The number of nitrogens with one attached hydrogen (secondary N) is 1. The summed E-state index contributed by atoms with van der Waals surface area (Å²) in [5.41, 5.74) is 3.65. The van der Waals surface area contributed by atoms with Crippen molar-refractivity contribution in [1.82, 2.24) is 14.5 Å².